The van der Waals surface area contributed by atoms with Crippen LogP contribution in [0.15, 0.2) is 42.5 Å². The van der Waals surface area contributed by atoms with Gasteiger partial charge in [0.15, 0.2) is 5.78 Å². The molecule has 4 fully saturated rings. The highest BCUT2D eigenvalue weighted by Gasteiger charge is 2.61. The number of anilines is 2. The number of para-hydroxylation sites is 1. The Morgan fingerprint density at radius 2 is 1.60 bits per heavy atom. The van der Waals surface area contributed by atoms with Gasteiger partial charge in [-0.05, 0) is 87.9 Å². The summed E-state index contributed by atoms with van der Waals surface area (Å²) in [7, 11) is 0. The Hall–Kier alpha value is -3.88. The summed E-state index contributed by atoms with van der Waals surface area (Å²) in [4.78, 5) is 62.2. The number of alkyl halides is 3. The highest BCUT2D eigenvalue weighted by molar-refractivity contribution is 6.31. The van der Waals surface area contributed by atoms with Gasteiger partial charge in [0, 0.05) is 68.5 Å². The van der Waals surface area contributed by atoms with Crippen LogP contribution in [0.3, 0.4) is 0 Å². The summed E-state index contributed by atoms with van der Waals surface area (Å²) in [6.45, 7) is 5.26. The molecule has 1 unspecified atom stereocenters. The van der Waals surface area contributed by atoms with E-state index >= 15 is 0 Å². The van der Waals surface area contributed by atoms with Gasteiger partial charge < -0.3 is 30.7 Å². The Bertz CT molecular complexity index is 1710. The van der Waals surface area contributed by atoms with Crippen molar-refractivity contribution in [2.75, 3.05) is 56.4 Å². The third-order valence-electron chi connectivity index (χ3n) is 11.8. The quantitative estimate of drug-likeness (QED) is 0.281. The number of Topliss-reactive ketones (excluding diaryl/α,β-unsaturated/α-hetero) is 1. The molecule has 0 aromatic heterocycles. The molecule has 7 rings (SSSR count). The van der Waals surface area contributed by atoms with Crippen LogP contribution in [0.1, 0.15) is 68.9 Å². The lowest BCUT2D eigenvalue weighted by Crippen LogP contribution is -2.53. The van der Waals surface area contributed by atoms with Crippen LogP contribution in [-0.4, -0.2) is 107 Å². The number of hydrogen-bond acceptors (Lipinski definition) is 6. The topological polar surface area (TPSA) is 117 Å². The molecule has 2 atom stereocenters. The van der Waals surface area contributed by atoms with Crippen LogP contribution in [0.5, 0.6) is 0 Å². The van der Waals surface area contributed by atoms with Crippen LogP contribution in [0.2, 0.25) is 5.02 Å². The standard InChI is InChI=1S/C38H47ClF3N7O4/c39-31-9-8-27(21-30(31)38(40,41)42)43-35(52)45-37(33(50)24-46-16-10-28(11-17-46)47-14-4-1-5-15-47)22-26(37)20-34(51)48-18-12-29(13-19-48)49-23-25-6-2-3-7-32(25)44-36(49)53/h2-3,6-9,21,26,28-29H,1,4-5,10-20,22-24H2,(H,44,53)(H2,43,45,52)/t26?,37-/m0/s1. The maximum atomic E-state index is 14.1. The SMILES string of the molecule is O=C(Nc1ccc(Cl)c(C(F)(F)F)c1)N[C@@]1(C(=O)CN2CCC(N3CCCCC3)CC2)CC1CC(=O)N1CCC(N2Cc3ccccc3NC2=O)CC1. The van der Waals surface area contributed by atoms with E-state index < -0.39 is 34.3 Å². The second kappa shape index (κ2) is 15.5. The number of carbonyl (C=O) groups is 4. The summed E-state index contributed by atoms with van der Waals surface area (Å²) in [6, 6.07) is 10.3. The maximum Gasteiger partial charge on any atom is 0.417 e. The maximum absolute atomic E-state index is 14.1. The Balaban J connectivity index is 0.979. The minimum absolute atomic E-state index is 0.0239. The van der Waals surface area contributed by atoms with E-state index in [2.05, 4.69) is 25.8 Å². The molecule has 0 radical (unpaired) electrons. The summed E-state index contributed by atoms with van der Waals surface area (Å²) in [6.07, 6.45) is 2.42. The van der Waals surface area contributed by atoms with Crippen molar-refractivity contribution in [3.63, 3.8) is 0 Å². The summed E-state index contributed by atoms with van der Waals surface area (Å²) in [5.41, 5.74) is -0.670. The van der Waals surface area contributed by atoms with Gasteiger partial charge in [0.05, 0.1) is 17.1 Å². The molecule has 286 valence electrons. The van der Waals surface area contributed by atoms with Gasteiger partial charge in [0.2, 0.25) is 5.91 Å². The molecule has 5 amide bonds. The van der Waals surface area contributed by atoms with E-state index in [4.69, 9.17) is 11.6 Å². The van der Waals surface area contributed by atoms with Gasteiger partial charge in [0.25, 0.3) is 0 Å². The Morgan fingerprint density at radius 1 is 0.906 bits per heavy atom. The minimum atomic E-state index is -4.72. The third-order valence-corrected chi connectivity index (χ3v) is 12.2. The van der Waals surface area contributed by atoms with Crippen LogP contribution in [-0.2, 0) is 22.3 Å². The van der Waals surface area contributed by atoms with E-state index in [0.29, 0.717) is 38.5 Å². The second-order valence-corrected chi connectivity index (χ2v) is 15.6. The van der Waals surface area contributed by atoms with Crippen molar-refractivity contribution in [2.24, 2.45) is 5.92 Å². The second-order valence-electron chi connectivity index (χ2n) is 15.2. The number of nitrogens with zero attached hydrogens (tertiary/aromatic N) is 4. The van der Waals surface area contributed by atoms with Crippen LogP contribution in [0.25, 0.3) is 0 Å². The fraction of sp³-hybridized carbons (Fsp3) is 0.579. The van der Waals surface area contributed by atoms with E-state index in [1.165, 1.54) is 25.3 Å². The van der Waals surface area contributed by atoms with Crippen LogP contribution >= 0.6 is 11.6 Å². The first-order valence-corrected chi connectivity index (χ1v) is 19.2. The predicted octanol–water partition coefficient (Wildman–Crippen LogP) is 6.19. The monoisotopic (exact) mass is 757 g/mol. The van der Waals surface area contributed by atoms with Gasteiger partial charge >= 0.3 is 18.2 Å². The largest absolute Gasteiger partial charge is 0.417 e. The minimum Gasteiger partial charge on any atom is -0.343 e. The smallest absolute Gasteiger partial charge is 0.343 e. The van der Waals surface area contributed by atoms with Crippen molar-refractivity contribution in [1.29, 1.82) is 0 Å². The average molecular weight is 758 g/mol. The fourth-order valence-electron chi connectivity index (χ4n) is 8.68. The molecule has 0 bridgehead atoms. The molecule has 4 aliphatic heterocycles. The van der Waals surface area contributed by atoms with Crippen LogP contribution in [0, 0.1) is 5.92 Å². The van der Waals surface area contributed by atoms with Crippen molar-refractivity contribution in [3.05, 3.63) is 58.6 Å². The Morgan fingerprint density at radius 3 is 2.32 bits per heavy atom. The number of amides is 5. The molecule has 11 nitrogen and oxygen atoms in total. The first kappa shape index (κ1) is 37.4. The van der Waals surface area contributed by atoms with Gasteiger partial charge in [0.1, 0.15) is 5.54 Å². The van der Waals surface area contributed by atoms with Gasteiger partial charge in [-0.25, -0.2) is 9.59 Å². The molecule has 2 aromatic carbocycles. The molecule has 15 heteroatoms. The number of rotatable bonds is 9. The number of halogens is 4. The zero-order valence-electron chi connectivity index (χ0n) is 29.7. The number of hydrogen-bond donors (Lipinski definition) is 3. The number of carbonyl (C=O) groups excluding carboxylic acids is 4. The number of likely N-dealkylation sites (tertiary alicyclic amines) is 3. The molecule has 5 aliphatic rings. The lowest BCUT2D eigenvalue weighted by Gasteiger charge is -2.40. The van der Waals surface area contributed by atoms with E-state index in [1.807, 2.05) is 29.2 Å². The number of urea groups is 2. The van der Waals surface area contributed by atoms with Gasteiger partial charge in [-0.15, -0.1) is 0 Å². The van der Waals surface area contributed by atoms with E-state index in [9.17, 15) is 32.3 Å². The molecular formula is C38H47ClF3N7O4. The number of nitrogens with one attached hydrogen (secondary N) is 3. The zero-order chi connectivity index (χ0) is 37.3. The summed E-state index contributed by atoms with van der Waals surface area (Å²) < 4.78 is 40.5. The lowest BCUT2D eigenvalue weighted by molar-refractivity contribution is -0.137. The van der Waals surface area contributed by atoms with Crippen LogP contribution < -0.4 is 16.0 Å². The van der Waals surface area contributed by atoms with E-state index in [-0.39, 0.29) is 48.8 Å². The molecule has 1 aliphatic carbocycles. The summed E-state index contributed by atoms with van der Waals surface area (Å²) in [5, 5.41) is 7.70. The van der Waals surface area contributed by atoms with Crippen molar-refractivity contribution >= 4 is 46.7 Å². The van der Waals surface area contributed by atoms with Gasteiger partial charge in [-0.2, -0.15) is 13.2 Å². The number of fused-ring (bicyclic) bond motifs is 1. The summed E-state index contributed by atoms with van der Waals surface area (Å²) in [5.74, 6) is -0.796. The normalized spacial score (nSPS) is 24.7. The molecule has 0 spiro atoms. The molecule has 3 saturated heterocycles. The third kappa shape index (κ3) is 8.44. The van der Waals surface area contributed by atoms with Crippen LogP contribution in [0.4, 0.5) is 34.1 Å². The predicted molar refractivity (Wildman–Crippen MR) is 195 cm³/mol. The Kier molecular flexibility index (Phi) is 10.9. The molecule has 4 heterocycles. The molecule has 2 aromatic rings. The number of ketones is 1. The number of benzene rings is 2. The fourth-order valence-corrected chi connectivity index (χ4v) is 8.90. The van der Waals surface area contributed by atoms with Crippen molar-refractivity contribution < 1.29 is 32.3 Å². The first-order valence-electron chi connectivity index (χ1n) is 18.8. The average Bonchev–Trinajstić information content (AvgIpc) is 3.84. The van der Waals surface area contributed by atoms with Gasteiger partial charge in [-0.1, -0.05) is 36.2 Å². The molecular weight excluding hydrogens is 711 g/mol. The van der Waals surface area contributed by atoms with E-state index in [0.717, 1.165) is 62.4 Å². The molecule has 1 saturated carbocycles. The van der Waals surface area contributed by atoms with Crippen molar-refractivity contribution in [3.8, 4) is 0 Å². The van der Waals surface area contributed by atoms with E-state index in [1.54, 1.807) is 4.90 Å². The molecule has 53 heavy (non-hydrogen) atoms. The lowest BCUT2D eigenvalue weighted by atomic mass is 9.98. The van der Waals surface area contributed by atoms with Crippen molar-refractivity contribution in [2.45, 2.75) is 88.1 Å². The Labute approximate surface area is 312 Å². The van der Waals surface area contributed by atoms with Gasteiger partial charge in [-0.3, -0.25) is 14.5 Å². The highest BCUT2D eigenvalue weighted by Crippen LogP contribution is 2.48. The van der Waals surface area contributed by atoms with Crippen molar-refractivity contribution in [1.82, 2.24) is 24.9 Å². The summed E-state index contributed by atoms with van der Waals surface area (Å²) >= 11 is 5.77. The zero-order valence-corrected chi connectivity index (χ0v) is 30.5. The number of piperidine rings is 3. The first-order chi connectivity index (χ1) is 25.4. The molecule has 3 N–H and O–H groups in total. The highest BCUT2D eigenvalue weighted by atomic mass is 35.5.